The molecule has 0 spiro atoms. The van der Waals surface area contributed by atoms with E-state index in [0.29, 0.717) is 0 Å². The molecule has 2 aliphatic carbocycles. The van der Waals surface area contributed by atoms with E-state index < -0.39 is 0 Å². The third-order valence-corrected chi connectivity index (χ3v) is 13.9. The lowest BCUT2D eigenvalue weighted by Crippen LogP contribution is -2.41. The van der Waals surface area contributed by atoms with Crippen molar-refractivity contribution in [2.45, 2.75) is 31.7 Å². The summed E-state index contributed by atoms with van der Waals surface area (Å²) in [7, 11) is 0. The van der Waals surface area contributed by atoms with Crippen molar-refractivity contribution in [2.75, 3.05) is 4.90 Å². The first-order valence-corrected chi connectivity index (χ1v) is 22.4. The molecule has 64 heavy (non-hydrogen) atoms. The number of hydrogen-bond acceptors (Lipinski definition) is 3. The number of aromatic nitrogens is 3. The molecule has 1 aliphatic heterocycles. The Balaban J connectivity index is 0.883. The van der Waals surface area contributed by atoms with Crippen LogP contribution in [0.3, 0.4) is 0 Å². The van der Waals surface area contributed by atoms with Crippen LogP contribution in [0.1, 0.15) is 54.0 Å². The van der Waals surface area contributed by atoms with E-state index in [1.54, 1.807) is 0 Å². The minimum atomic E-state index is -0.359. The van der Waals surface area contributed by atoms with Crippen LogP contribution in [-0.4, -0.2) is 20.1 Å². The Kier molecular flexibility index (Phi) is 9.01. The first kappa shape index (κ1) is 37.9. The number of hydrogen-bond donors (Lipinski definition) is 0. The first-order valence-electron chi connectivity index (χ1n) is 22.4. The molecular formula is C60H46N4. The van der Waals surface area contributed by atoms with E-state index in [1.807, 2.05) is 0 Å². The molecular weight excluding hydrogens is 777 g/mol. The van der Waals surface area contributed by atoms with Gasteiger partial charge in [-0.15, -0.1) is 0 Å². The van der Waals surface area contributed by atoms with E-state index >= 15 is 0 Å². The van der Waals surface area contributed by atoms with Crippen LogP contribution in [0.25, 0.3) is 60.9 Å². The van der Waals surface area contributed by atoms with Crippen LogP contribution >= 0.6 is 0 Å². The Morgan fingerprint density at radius 1 is 0.547 bits per heavy atom. The van der Waals surface area contributed by atoms with Crippen molar-refractivity contribution in [1.82, 2.24) is 14.5 Å². The van der Waals surface area contributed by atoms with Gasteiger partial charge in [0.1, 0.15) is 0 Å². The molecule has 4 nitrogen and oxygen atoms in total. The second kappa shape index (κ2) is 15.2. The fraction of sp³-hybridized carbons (Fsp3) is 0.100. The van der Waals surface area contributed by atoms with Gasteiger partial charge in [-0.05, 0) is 117 Å². The summed E-state index contributed by atoms with van der Waals surface area (Å²) < 4.78 is 2.38. The van der Waals surface area contributed by atoms with Crippen LogP contribution in [0.15, 0.2) is 219 Å². The Labute approximate surface area is 374 Å². The molecule has 0 fully saturated rings. The molecule has 0 saturated carbocycles. The van der Waals surface area contributed by atoms with Crippen LogP contribution in [-0.2, 0) is 0 Å². The van der Waals surface area contributed by atoms with Crippen molar-refractivity contribution < 1.29 is 0 Å². The first-order chi connectivity index (χ1) is 31.5. The average Bonchev–Trinajstić information content (AvgIpc) is 3.83. The molecule has 9 aromatic rings. The molecule has 12 rings (SSSR count). The predicted molar refractivity (Wildman–Crippen MR) is 267 cm³/mol. The highest BCUT2D eigenvalue weighted by atomic mass is 15.3. The SMILES string of the molecule is CC1C(c2ccccc2)=CC(c2ccc(-c3ccccc3)cc2)=CC1c1cnc(N2c3ccccc3C3=CC(c4ccc5c(c4)c4ccccc4n5-c4ccccc4)=CCC32C)nc1. The number of nitrogens with zero attached hydrogens (tertiary/aromatic N) is 4. The maximum atomic E-state index is 5.23. The van der Waals surface area contributed by atoms with Gasteiger partial charge in [-0.2, -0.15) is 0 Å². The molecule has 0 N–H and O–H groups in total. The molecule has 0 amide bonds. The maximum absolute atomic E-state index is 5.23. The summed E-state index contributed by atoms with van der Waals surface area (Å²) in [6, 6.07) is 65.5. The normalized spacial score (nSPS) is 19.1. The van der Waals surface area contributed by atoms with E-state index in [-0.39, 0.29) is 17.4 Å². The highest BCUT2D eigenvalue weighted by Crippen LogP contribution is 2.55. The van der Waals surface area contributed by atoms with Gasteiger partial charge in [0.25, 0.3) is 0 Å². The summed E-state index contributed by atoms with van der Waals surface area (Å²) in [6.07, 6.45) is 14.6. The lowest BCUT2D eigenvalue weighted by Gasteiger charge is -2.38. The van der Waals surface area contributed by atoms with Crippen molar-refractivity contribution in [3.63, 3.8) is 0 Å². The third kappa shape index (κ3) is 6.20. The molecule has 306 valence electrons. The summed E-state index contributed by atoms with van der Waals surface area (Å²) in [5.74, 6) is 1.03. The molecule has 3 unspecified atom stereocenters. The highest BCUT2D eigenvalue weighted by Gasteiger charge is 2.47. The minimum absolute atomic E-state index is 0.0918. The predicted octanol–water partition coefficient (Wildman–Crippen LogP) is 14.9. The number of allylic oxidation sites excluding steroid dienone is 6. The molecule has 2 aromatic heterocycles. The second-order valence-electron chi connectivity index (χ2n) is 17.6. The van der Waals surface area contributed by atoms with E-state index in [9.17, 15) is 0 Å². The van der Waals surface area contributed by atoms with Gasteiger partial charge < -0.3 is 4.57 Å². The Morgan fingerprint density at radius 2 is 1.16 bits per heavy atom. The summed E-state index contributed by atoms with van der Waals surface area (Å²) in [4.78, 5) is 12.8. The zero-order valence-electron chi connectivity index (χ0n) is 35.9. The average molecular weight is 823 g/mol. The maximum Gasteiger partial charge on any atom is 0.230 e. The lowest BCUT2D eigenvalue weighted by atomic mass is 9.75. The van der Waals surface area contributed by atoms with Crippen molar-refractivity contribution in [3.05, 3.63) is 247 Å². The molecule has 3 heterocycles. The van der Waals surface area contributed by atoms with Gasteiger partial charge in [-0.1, -0.05) is 171 Å². The summed E-state index contributed by atoms with van der Waals surface area (Å²) in [5, 5.41) is 2.52. The van der Waals surface area contributed by atoms with E-state index in [1.165, 1.54) is 83.2 Å². The topological polar surface area (TPSA) is 34.0 Å². The number of fused-ring (bicyclic) bond motifs is 6. The van der Waals surface area contributed by atoms with Crippen molar-refractivity contribution >= 4 is 55.7 Å². The molecule has 0 saturated heterocycles. The molecule has 0 radical (unpaired) electrons. The van der Waals surface area contributed by atoms with Crippen LogP contribution in [0.5, 0.6) is 0 Å². The fourth-order valence-corrected chi connectivity index (χ4v) is 10.6. The monoisotopic (exact) mass is 822 g/mol. The molecule has 3 atom stereocenters. The zero-order chi connectivity index (χ0) is 42.8. The van der Waals surface area contributed by atoms with Gasteiger partial charge in [-0.25, -0.2) is 9.97 Å². The summed E-state index contributed by atoms with van der Waals surface area (Å²) in [6.45, 7) is 4.68. The Morgan fingerprint density at radius 3 is 1.92 bits per heavy atom. The summed E-state index contributed by atoms with van der Waals surface area (Å²) in [5.41, 5.74) is 17.9. The van der Waals surface area contributed by atoms with Gasteiger partial charge in [0, 0.05) is 40.3 Å². The van der Waals surface area contributed by atoms with Gasteiger partial charge in [0.05, 0.1) is 22.3 Å². The fourth-order valence-electron chi connectivity index (χ4n) is 10.6. The van der Waals surface area contributed by atoms with Crippen LogP contribution < -0.4 is 4.90 Å². The highest BCUT2D eigenvalue weighted by molar-refractivity contribution is 6.11. The van der Waals surface area contributed by atoms with E-state index in [2.05, 4.69) is 242 Å². The van der Waals surface area contributed by atoms with Crippen molar-refractivity contribution in [1.29, 1.82) is 0 Å². The van der Waals surface area contributed by atoms with E-state index in [0.717, 1.165) is 23.6 Å². The van der Waals surface area contributed by atoms with Crippen molar-refractivity contribution in [2.24, 2.45) is 5.92 Å². The van der Waals surface area contributed by atoms with Crippen molar-refractivity contribution in [3.8, 4) is 16.8 Å². The summed E-state index contributed by atoms with van der Waals surface area (Å²) >= 11 is 0. The second-order valence-corrected chi connectivity index (χ2v) is 17.6. The van der Waals surface area contributed by atoms with Gasteiger partial charge in [0.15, 0.2) is 0 Å². The molecule has 4 heteroatoms. The number of rotatable bonds is 7. The Hall–Kier alpha value is -7.82. The molecule has 7 aromatic carbocycles. The minimum Gasteiger partial charge on any atom is -0.309 e. The Bertz CT molecular complexity index is 3360. The smallest absolute Gasteiger partial charge is 0.230 e. The quantitative estimate of drug-likeness (QED) is 0.161. The largest absolute Gasteiger partial charge is 0.309 e. The van der Waals surface area contributed by atoms with Crippen LogP contribution in [0, 0.1) is 5.92 Å². The van der Waals surface area contributed by atoms with Gasteiger partial charge in [-0.3, -0.25) is 4.90 Å². The van der Waals surface area contributed by atoms with Crippen LogP contribution in [0.2, 0.25) is 0 Å². The number of anilines is 2. The van der Waals surface area contributed by atoms with Crippen LogP contribution in [0.4, 0.5) is 11.6 Å². The van der Waals surface area contributed by atoms with E-state index in [4.69, 9.17) is 9.97 Å². The third-order valence-electron chi connectivity index (χ3n) is 13.9. The molecule has 3 aliphatic rings. The van der Waals surface area contributed by atoms with Gasteiger partial charge >= 0.3 is 0 Å². The number of para-hydroxylation sites is 3. The number of benzene rings is 7. The van der Waals surface area contributed by atoms with Gasteiger partial charge in [0.2, 0.25) is 5.95 Å². The molecule has 0 bridgehead atoms. The zero-order valence-corrected chi connectivity index (χ0v) is 35.9. The lowest BCUT2D eigenvalue weighted by molar-refractivity contribution is 0.594. The standard InChI is InChI=1S/C60H46N4/c1-40-52(44-18-8-4-9-19-44)35-47(43-28-26-42(27-29-43)41-16-6-3-7-17-41)36-53(40)48-38-61-59(62-39-48)64-58-25-15-13-23-51(58)55-37-46(32-33-60(55,64)2)45-30-31-57-54(34-45)50-22-12-14-24-56(50)63(57)49-20-10-5-11-21-49/h3-32,34-40,53H,33H2,1-2H3.